The lowest BCUT2D eigenvalue weighted by Crippen LogP contribution is -2.43. The van der Waals surface area contributed by atoms with Gasteiger partial charge in [0.15, 0.2) is 0 Å². The summed E-state index contributed by atoms with van der Waals surface area (Å²) >= 11 is 5.53. The fourth-order valence-corrected chi connectivity index (χ4v) is 1.83. The zero-order chi connectivity index (χ0) is 10.6. The molecule has 0 aliphatic carbocycles. The third-order valence-corrected chi connectivity index (χ3v) is 2.68. The summed E-state index contributed by atoms with van der Waals surface area (Å²) in [6.45, 7) is 2.48. The number of amides is 2. The zero-order valence-electron chi connectivity index (χ0n) is 8.46. The van der Waals surface area contributed by atoms with Crippen LogP contribution in [0.1, 0.15) is 32.6 Å². The molecule has 2 amide bonds. The van der Waals surface area contributed by atoms with Gasteiger partial charge in [0, 0.05) is 25.3 Å². The molecule has 0 saturated carbocycles. The molecule has 4 heteroatoms. The van der Waals surface area contributed by atoms with Crippen molar-refractivity contribution in [1.82, 2.24) is 4.90 Å². The van der Waals surface area contributed by atoms with E-state index in [0.29, 0.717) is 25.3 Å². The van der Waals surface area contributed by atoms with Gasteiger partial charge in [-0.3, -0.25) is 14.5 Å². The normalized spacial score (nSPS) is 19.1. The number of alkyl halides is 1. The Bertz CT molecular complexity index is 212. The lowest BCUT2D eigenvalue weighted by atomic mass is 9.97. The van der Waals surface area contributed by atoms with E-state index in [1.807, 2.05) is 6.92 Å². The number of carbonyl (C=O) groups excluding carboxylic acids is 2. The average molecular weight is 218 g/mol. The minimum atomic E-state index is -0.0247. The molecule has 1 saturated heterocycles. The lowest BCUT2D eigenvalue weighted by molar-refractivity contribution is -0.149. The Morgan fingerprint density at radius 1 is 1.29 bits per heavy atom. The van der Waals surface area contributed by atoms with Crippen molar-refractivity contribution in [2.45, 2.75) is 32.6 Å². The summed E-state index contributed by atoms with van der Waals surface area (Å²) < 4.78 is 0. The number of hydrogen-bond donors (Lipinski definition) is 0. The van der Waals surface area contributed by atoms with Gasteiger partial charge < -0.3 is 0 Å². The van der Waals surface area contributed by atoms with Crippen LogP contribution in [0.3, 0.4) is 0 Å². The standard InChI is InChI=1S/C10H16ClNO2/c1-8-6-9(13)12(10(14)7-8)5-3-2-4-11/h8H,2-7H2,1H3. The Morgan fingerprint density at radius 3 is 2.36 bits per heavy atom. The summed E-state index contributed by atoms with van der Waals surface area (Å²) in [4.78, 5) is 24.3. The van der Waals surface area contributed by atoms with E-state index < -0.39 is 0 Å². The highest BCUT2D eigenvalue weighted by Gasteiger charge is 2.29. The number of unbranched alkanes of at least 4 members (excludes halogenated alkanes) is 1. The Balaban J connectivity index is 2.42. The molecule has 0 spiro atoms. The second kappa shape index (κ2) is 5.35. The van der Waals surface area contributed by atoms with E-state index in [0.717, 1.165) is 12.8 Å². The Hall–Kier alpha value is -0.570. The van der Waals surface area contributed by atoms with Gasteiger partial charge in [-0.15, -0.1) is 11.6 Å². The molecule has 14 heavy (non-hydrogen) atoms. The quantitative estimate of drug-likeness (QED) is 0.409. The van der Waals surface area contributed by atoms with Gasteiger partial charge in [0.1, 0.15) is 0 Å². The maximum Gasteiger partial charge on any atom is 0.229 e. The number of imide groups is 1. The minimum absolute atomic E-state index is 0.0247. The van der Waals surface area contributed by atoms with Crippen LogP contribution in [-0.4, -0.2) is 29.1 Å². The van der Waals surface area contributed by atoms with Crippen molar-refractivity contribution in [1.29, 1.82) is 0 Å². The molecule has 1 aliphatic rings. The Labute approximate surface area is 89.4 Å². The van der Waals surface area contributed by atoms with E-state index in [1.54, 1.807) is 0 Å². The Morgan fingerprint density at radius 2 is 1.86 bits per heavy atom. The van der Waals surface area contributed by atoms with Crippen molar-refractivity contribution in [2.24, 2.45) is 5.92 Å². The Kier molecular flexibility index (Phi) is 4.39. The molecular weight excluding hydrogens is 202 g/mol. The molecule has 0 unspecified atom stereocenters. The van der Waals surface area contributed by atoms with Crippen LogP contribution >= 0.6 is 11.6 Å². The van der Waals surface area contributed by atoms with E-state index >= 15 is 0 Å². The van der Waals surface area contributed by atoms with Gasteiger partial charge in [-0.25, -0.2) is 0 Å². The summed E-state index contributed by atoms with van der Waals surface area (Å²) in [5.74, 6) is 0.748. The number of likely N-dealkylation sites (tertiary alicyclic amines) is 1. The van der Waals surface area contributed by atoms with Crippen molar-refractivity contribution in [2.75, 3.05) is 12.4 Å². The maximum absolute atomic E-state index is 11.5. The van der Waals surface area contributed by atoms with Crippen LogP contribution in [0.15, 0.2) is 0 Å². The molecule has 0 atom stereocenters. The molecule has 80 valence electrons. The molecule has 0 bridgehead atoms. The second-order valence-electron chi connectivity index (χ2n) is 3.85. The van der Waals surface area contributed by atoms with Crippen molar-refractivity contribution in [3.8, 4) is 0 Å². The first kappa shape index (κ1) is 11.5. The fourth-order valence-electron chi connectivity index (χ4n) is 1.64. The third-order valence-electron chi connectivity index (χ3n) is 2.41. The van der Waals surface area contributed by atoms with Gasteiger partial charge in [0.25, 0.3) is 0 Å². The van der Waals surface area contributed by atoms with Crippen LogP contribution in [0.25, 0.3) is 0 Å². The van der Waals surface area contributed by atoms with Crippen LogP contribution in [0.5, 0.6) is 0 Å². The number of halogens is 1. The van der Waals surface area contributed by atoms with Crippen molar-refractivity contribution >= 4 is 23.4 Å². The highest BCUT2D eigenvalue weighted by molar-refractivity contribution is 6.17. The molecule has 3 nitrogen and oxygen atoms in total. The SMILES string of the molecule is CC1CC(=O)N(CCCCCl)C(=O)C1. The van der Waals surface area contributed by atoms with E-state index in [9.17, 15) is 9.59 Å². The van der Waals surface area contributed by atoms with Gasteiger partial charge in [0.05, 0.1) is 0 Å². The van der Waals surface area contributed by atoms with E-state index in [2.05, 4.69) is 0 Å². The number of piperidine rings is 1. The molecule has 0 aromatic rings. The molecule has 0 aromatic carbocycles. The smallest absolute Gasteiger partial charge is 0.229 e. The molecule has 1 heterocycles. The van der Waals surface area contributed by atoms with E-state index in [1.165, 1.54) is 4.90 Å². The first-order chi connectivity index (χ1) is 6.65. The van der Waals surface area contributed by atoms with E-state index in [-0.39, 0.29) is 17.7 Å². The molecule has 0 aromatic heterocycles. The second-order valence-corrected chi connectivity index (χ2v) is 4.23. The summed E-state index contributed by atoms with van der Waals surface area (Å²) in [5.41, 5.74) is 0. The number of nitrogens with zero attached hydrogens (tertiary/aromatic N) is 1. The topological polar surface area (TPSA) is 37.4 Å². The molecule has 0 radical (unpaired) electrons. The molecule has 1 rings (SSSR count). The third kappa shape index (κ3) is 2.98. The lowest BCUT2D eigenvalue weighted by Gasteiger charge is -2.28. The van der Waals surface area contributed by atoms with Crippen molar-refractivity contribution in [3.63, 3.8) is 0 Å². The summed E-state index contributed by atoms with van der Waals surface area (Å²) in [5, 5.41) is 0. The van der Waals surface area contributed by atoms with Gasteiger partial charge in [-0.2, -0.15) is 0 Å². The van der Waals surface area contributed by atoms with Crippen LogP contribution in [0.2, 0.25) is 0 Å². The number of hydrogen-bond acceptors (Lipinski definition) is 2. The highest BCUT2D eigenvalue weighted by Crippen LogP contribution is 2.18. The maximum atomic E-state index is 11.5. The molecule has 1 fully saturated rings. The monoisotopic (exact) mass is 217 g/mol. The summed E-state index contributed by atoms with van der Waals surface area (Å²) in [6.07, 6.45) is 2.68. The minimum Gasteiger partial charge on any atom is -0.283 e. The first-order valence-electron chi connectivity index (χ1n) is 5.04. The fraction of sp³-hybridized carbons (Fsp3) is 0.800. The largest absolute Gasteiger partial charge is 0.283 e. The predicted octanol–water partition coefficient (Wildman–Crippen LogP) is 1.79. The highest BCUT2D eigenvalue weighted by atomic mass is 35.5. The van der Waals surface area contributed by atoms with Crippen LogP contribution < -0.4 is 0 Å². The molecule has 0 N–H and O–H groups in total. The van der Waals surface area contributed by atoms with Crippen molar-refractivity contribution in [3.05, 3.63) is 0 Å². The zero-order valence-corrected chi connectivity index (χ0v) is 9.22. The van der Waals surface area contributed by atoms with Crippen LogP contribution in [-0.2, 0) is 9.59 Å². The average Bonchev–Trinajstić information content (AvgIpc) is 2.09. The van der Waals surface area contributed by atoms with Crippen molar-refractivity contribution < 1.29 is 9.59 Å². The first-order valence-corrected chi connectivity index (χ1v) is 5.57. The summed E-state index contributed by atoms with van der Waals surface area (Å²) in [7, 11) is 0. The van der Waals surface area contributed by atoms with Gasteiger partial charge >= 0.3 is 0 Å². The van der Waals surface area contributed by atoms with E-state index in [4.69, 9.17) is 11.6 Å². The van der Waals surface area contributed by atoms with Crippen LogP contribution in [0.4, 0.5) is 0 Å². The summed E-state index contributed by atoms with van der Waals surface area (Å²) in [6, 6.07) is 0. The molecular formula is C10H16ClNO2. The van der Waals surface area contributed by atoms with Gasteiger partial charge in [-0.05, 0) is 18.8 Å². The van der Waals surface area contributed by atoms with Gasteiger partial charge in [-0.1, -0.05) is 6.92 Å². The molecule has 1 aliphatic heterocycles. The predicted molar refractivity (Wildman–Crippen MR) is 55.1 cm³/mol. The number of carbonyl (C=O) groups is 2. The number of rotatable bonds is 4. The van der Waals surface area contributed by atoms with Gasteiger partial charge in [0.2, 0.25) is 11.8 Å². The van der Waals surface area contributed by atoms with Crippen LogP contribution in [0, 0.1) is 5.92 Å².